The van der Waals surface area contributed by atoms with Gasteiger partial charge in [-0.2, -0.15) is 4.31 Å². The largest absolute Gasteiger partial charge is 0.352 e. The van der Waals surface area contributed by atoms with Crippen molar-refractivity contribution < 1.29 is 13.2 Å². The van der Waals surface area contributed by atoms with Gasteiger partial charge in [0.25, 0.3) is 5.91 Å². The zero-order valence-corrected chi connectivity index (χ0v) is 15.9. The molecule has 1 aliphatic rings. The number of hydrogen-bond acceptors (Lipinski definition) is 3. The van der Waals surface area contributed by atoms with Crippen LogP contribution in [-0.2, 0) is 16.4 Å². The lowest BCUT2D eigenvalue weighted by atomic mass is 10.1. The molecule has 0 spiro atoms. The molecule has 2 aromatic rings. The number of nitrogens with zero attached hydrogens (tertiary/aromatic N) is 1. The highest BCUT2D eigenvalue weighted by Gasteiger charge is 2.26. The first-order valence-electron chi connectivity index (χ1n) is 8.60. The van der Waals surface area contributed by atoms with Gasteiger partial charge < -0.3 is 5.32 Å². The quantitative estimate of drug-likeness (QED) is 0.821. The molecule has 5 nitrogen and oxygen atoms in total. The van der Waals surface area contributed by atoms with Crippen LogP contribution in [-0.4, -0.2) is 38.3 Å². The number of halogens is 1. The summed E-state index contributed by atoms with van der Waals surface area (Å²) < 4.78 is 26.5. The molecule has 0 bridgehead atoms. The smallest absolute Gasteiger partial charge is 0.252 e. The molecule has 1 fully saturated rings. The zero-order valence-electron chi connectivity index (χ0n) is 14.3. The van der Waals surface area contributed by atoms with Crippen LogP contribution in [0.15, 0.2) is 53.4 Å². The summed E-state index contributed by atoms with van der Waals surface area (Å²) in [7, 11) is -3.38. The normalized spacial score (nSPS) is 15.1. The highest BCUT2D eigenvalue weighted by molar-refractivity contribution is 7.89. The number of carbonyl (C=O) groups excluding carboxylic acids is 1. The van der Waals surface area contributed by atoms with Gasteiger partial charge in [0.2, 0.25) is 10.0 Å². The van der Waals surface area contributed by atoms with Gasteiger partial charge in [0.1, 0.15) is 0 Å². The molecule has 0 saturated carbocycles. The van der Waals surface area contributed by atoms with Gasteiger partial charge >= 0.3 is 0 Å². The van der Waals surface area contributed by atoms with Crippen LogP contribution < -0.4 is 5.32 Å². The molecule has 1 N–H and O–H groups in total. The second-order valence-electron chi connectivity index (χ2n) is 6.24. The molecule has 0 unspecified atom stereocenters. The molecule has 3 rings (SSSR count). The van der Waals surface area contributed by atoms with Crippen LogP contribution in [0.1, 0.15) is 28.8 Å². The summed E-state index contributed by atoms with van der Waals surface area (Å²) in [5, 5.41) is 3.25. The molecule has 1 amide bonds. The van der Waals surface area contributed by atoms with E-state index < -0.39 is 10.0 Å². The van der Waals surface area contributed by atoms with Gasteiger partial charge in [-0.15, -0.1) is 0 Å². The van der Waals surface area contributed by atoms with Crippen LogP contribution in [0.2, 0.25) is 5.02 Å². The summed E-state index contributed by atoms with van der Waals surface area (Å²) in [5.74, 6) is -0.219. The van der Waals surface area contributed by atoms with Crippen molar-refractivity contribution in [1.82, 2.24) is 9.62 Å². The topological polar surface area (TPSA) is 66.5 Å². The van der Waals surface area contributed by atoms with Gasteiger partial charge in [0.15, 0.2) is 0 Å². The highest BCUT2D eigenvalue weighted by atomic mass is 35.5. The van der Waals surface area contributed by atoms with Gasteiger partial charge in [-0.1, -0.05) is 35.9 Å². The van der Waals surface area contributed by atoms with E-state index in [1.54, 1.807) is 48.5 Å². The fraction of sp³-hybridized carbons (Fsp3) is 0.316. The number of carbonyl (C=O) groups is 1. The summed E-state index contributed by atoms with van der Waals surface area (Å²) >= 11 is 6.01. The van der Waals surface area contributed by atoms with E-state index >= 15 is 0 Å². The molecular weight excluding hydrogens is 372 g/mol. The van der Waals surface area contributed by atoms with Crippen LogP contribution in [0, 0.1) is 0 Å². The summed E-state index contributed by atoms with van der Waals surface area (Å²) in [5.41, 5.74) is 1.41. The van der Waals surface area contributed by atoms with Gasteiger partial charge in [0, 0.05) is 19.6 Å². The molecule has 0 atom stereocenters. The second kappa shape index (κ2) is 8.20. The van der Waals surface area contributed by atoms with E-state index in [0.29, 0.717) is 41.5 Å². The molecule has 1 saturated heterocycles. The summed E-state index contributed by atoms with van der Waals surface area (Å²) in [4.78, 5) is 12.4. The predicted octanol–water partition coefficient (Wildman–Crippen LogP) is 3.10. The maximum atomic E-state index is 12.5. The first-order valence-corrected chi connectivity index (χ1v) is 10.4. The number of hydrogen-bond donors (Lipinski definition) is 1. The van der Waals surface area contributed by atoms with Crippen molar-refractivity contribution in [2.24, 2.45) is 0 Å². The lowest BCUT2D eigenvalue weighted by Gasteiger charge is -2.15. The maximum absolute atomic E-state index is 12.5. The van der Waals surface area contributed by atoms with Crippen LogP contribution >= 0.6 is 11.6 Å². The highest BCUT2D eigenvalue weighted by Crippen LogP contribution is 2.21. The number of benzene rings is 2. The van der Waals surface area contributed by atoms with Crippen LogP contribution in [0.25, 0.3) is 0 Å². The number of rotatable bonds is 6. The van der Waals surface area contributed by atoms with Crippen LogP contribution in [0.3, 0.4) is 0 Å². The van der Waals surface area contributed by atoms with E-state index in [-0.39, 0.29) is 5.91 Å². The van der Waals surface area contributed by atoms with Crippen molar-refractivity contribution in [2.75, 3.05) is 19.6 Å². The summed E-state index contributed by atoms with van der Waals surface area (Å²) in [6, 6.07) is 13.8. The third-order valence-corrected chi connectivity index (χ3v) is 6.69. The number of nitrogens with one attached hydrogen (secondary N) is 1. The van der Waals surface area contributed by atoms with Crippen molar-refractivity contribution in [3.05, 3.63) is 64.7 Å². The molecule has 1 aliphatic heterocycles. The van der Waals surface area contributed by atoms with Crippen LogP contribution in [0.5, 0.6) is 0 Å². The minimum Gasteiger partial charge on any atom is -0.352 e. The Labute approximate surface area is 159 Å². The lowest BCUT2D eigenvalue weighted by molar-refractivity contribution is 0.0954. The Kier molecular flexibility index (Phi) is 5.96. The van der Waals surface area contributed by atoms with Gasteiger partial charge in [-0.05, 0) is 49.1 Å². The Hall–Kier alpha value is -1.89. The van der Waals surface area contributed by atoms with E-state index in [4.69, 9.17) is 11.6 Å². The monoisotopic (exact) mass is 392 g/mol. The van der Waals surface area contributed by atoms with Gasteiger partial charge in [0.05, 0.1) is 15.5 Å². The van der Waals surface area contributed by atoms with E-state index in [1.807, 2.05) is 0 Å². The van der Waals surface area contributed by atoms with E-state index in [2.05, 4.69) is 5.32 Å². The van der Waals surface area contributed by atoms with E-state index in [0.717, 1.165) is 18.4 Å². The Morgan fingerprint density at radius 3 is 2.35 bits per heavy atom. The molecule has 0 aliphatic carbocycles. The first-order chi connectivity index (χ1) is 12.5. The lowest BCUT2D eigenvalue weighted by Crippen LogP contribution is -2.28. The Morgan fingerprint density at radius 2 is 1.69 bits per heavy atom. The Balaban J connectivity index is 1.56. The van der Waals surface area contributed by atoms with Crippen molar-refractivity contribution in [3.63, 3.8) is 0 Å². The molecule has 0 radical (unpaired) electrons. The average Bonchev–Trinajstić information content (AvgIpc) is 3.18. The van der Waals surface area contributed by atoms with Crippen molar-refractivity contribution in [2.45, 2.75) is 24.2 Å². The minimum atomic E-state index is -3.38. The van der Waals surface area contributed by atoms with Crippen molar-refractivity contribution in [1.29, 1.82) is 0 Å². The van der Waals surface area contributed by atoms with Crippen molar-refractivity contribution in [3.8, 4) is 0 Å². The van der Waals surface area contributed by atoms with Crippen LogP contribution in [0.4, 0.5) is 0 Å². The molecule has 0 aromatic heterocycles. The van der Waals surface area contributed by atoms with Gasteiger partial charge in [-0.25, -0.2) is 8.42 Å². The molecule has 7 heteroatoms. The summed E-state index contributed by atoms with van der Waals surface area (Å²) in [6.07, 6.45) is 2.45. The van der Waals surface area contributed by atoms with Gasteiger partial charge in [-0.3, -0.25) is 4.79 Å². The fourth-order valence-electron chi connectivity index (χ4n) is 2.97. The number of amides is 1. The number of sulfonamides is 1. The third-order valence-electron chi connectivity index (χ3n) is 4.44. The predicted molar refractivity (Wildman–Crippen MR) is 102 cm³/mol. The minimum absolute atomic E-state index is 0.219. The maximum Gasteiger partial charge on any atom is 0.252 e. The van der Waals surface area contributed by atoms with E-state index in [1.165, 1.54) is 4.31 Å². The molecule has 26 heavy (non-hydrogen) atoms. The molecule has 138 valence electrons. The zero-order chi connectivity index (χ0) is 18.6. The van der Waals surface area contributed by atoms with E-state index in [9.17, 15) is 13.2 Å². The third kappa shape index (κ3) is 4.26. The fourth-order valence-corrected chi connectivity index (χ4v) is 4.71. The molecule has 2 aromatic carbocycles. The Bertz CT molecular complexity index is 876. The SMILES string of the molecule is O=C(NCCc1ccc(S(=O)(=O)N2CCCC2)cc1)c1ccccc1Cl. The molecular formula is C19H21ClN2O3S. The van der Waals surface area contributed by atoms with Crippen molar-refractivity contribution >= 4 is 27.5 Å². The standard InChI is InChI=1S/C19H21ClN2O3S/c20-18-6-2-1-5-17(18)19(23)21-12-11-15-7-9-16(10-8-15)26(24,25)22-13-3-4-14-22/h1-2,5-10H,3-4,11-14H2,(H,21,23). The molecule has 1 heterocycles. The average molecular weight is 393 g/mol. The Morgan fingerprint density at radius 1 is 1.04 bits per heavy atom. The second-order valence-corrected chi connectivity index (χ2v) is 8.59. The summed E-state index contributed by atoms with van der Waals surface area (Å²) in [6.45, 7) is 1.64. The first kappa shape index (κ1) is 18.9.